The average molecular weight is 163 g/mol. The first-order chi connectivity index (χ1) is 5.81. The Labute approximate surface area is 74.3 Å². The van der Waals surface area contributed by atoms with Crippen LogP contribution < -0.4 is 5.73 Å². The van der Waals surface area contributed by atoms with Crippen molar-refractivity contribution in [3.05, 3.63) is 23.3 Å². The molecule has 66 valence electrons. The van der Waals surface area contributed by atoms with Gasteiger partial charge in [0.05, 0.1) is 0 Å². The Hall–Kier alpha value is -0.560. The summed E-state index contributed by atoms with van der Waals surface area (Å²) in [5.74, 6) is 0.732. The highest BCUT2D eigenvalue weighted by atomic mass is 14.7. The van der Waals surface area contributed by atoms with Crippen LogP contribution in [-0.4, -0.2) is 6.04 Å². The Morgan fingerprint density at radius 2 is 2.25 bits per heavy atom. The molecule has 2 aliphatic rings. The maximum atomic E-state index is 5.80. The highest BCUT2D eigenvalue weighted by molar-refractivity contribution is 5.35. The van der Waals surface area contributed by atoms with Gasteiger partial charge in [0.1, 0.15) is 0 Å². The Bertz CT molecular complexity index is 237. The molecule has 1 nitrogen and oxygen atoms in total. The van der Waals surface area contributed by atoms with E-state index >= 15 is 0 Å². The van der Waals surface area contributed by atoms with Crippen molar-refractivity contribution in [3.63, 3.8) is 0 Å². The highest BCUT2D eigenvalue weighted by Crippen LogP contribution is 2.41. The van der Waals surface area contributed by atoms with Gasteiger partial charge >= 0.3 is 0 Å². The minimum Gasteiger partial charge on any atom is -0.327 e. The second kappa shape index (κ2) is 3.06. The standard InChI is InChI=1S/C11H17N/c1-2-3-8-4-5-9(6-8)10-7-11(10)12/h4-5,10-11H,2-3,6-7,12H2,1H3/t10-,11+/m1/s1. The first-order valence-electron chi connectivity index (χ1n) is 4.95. The van der Waals surface area contributed by atoms with Crippen LogP contribution in [0.25, 0.3) is 0 Å². The fourth-order valence-corrected chi connectivity index (χ4v) is 1.99. The predicted molar refractivity (Wildman–Crippen MR) is 51.8 cm³/mol. The van der Waals surface area contributed by atoms with Crippen LogP contribution in [0.2, 0.25) is 0 Å². The fourth-order valence-electron chi connectivity index (χ4n) is 1.99. The van der Waals surface area contributed by atoms with Gasteiger partial charge < -0.3 is 5.73 Å². The Kier molecular flexibility index (Phi) is 2.05. The zero-order valence-corrected chi connectivity index (χ0v) is 7.72. The smallest absolute Gasteiger partial charge is 0.0112 e. The maximum absolute atomic E-state index is 5.80. The van der Waals surface area contributed by atoms with Gasteiger partial charge in [0.2, 0.25) is 0 Å². The van der Waals surface area contributed by atoms with Crippen LogP contribution in [0.3, 0.4) is 0 Å². The summed E-state index contributed by atoms with van der Waals surface area (Å²) in [7, 11) is 0. The van der Waals surface area contributed by atoms with Crippen LogP contribution in [0.4, 0.5) is 0 Å². The van der Waals surface area contributed by atoms with E-state index in [-0.39, 0.29) is 0 Å². The Morgan fingerprint density at radius 3 is 2.83 bits per heavy atom. The third-order valence-corrected chi connectivity index (χ3v) is 2.85. The zero-order chi connectivity index (χ0) is 8.55. The first-order valence-corrected chi connectivity index (χ1v) is 4.95. The Balaban J connectivity index is 1.85. The molecule has 0 aliphatic heterocycles. The number of hydrogen-bond acceptors (Lipinski definition) is 1. The minimum atomic E-state index is 0.477. The lowest BCUT2D eigenvalue weighted by atomic mass is 10.0. The van der Waals surface area contributed by atoms with E-state index < -0.39 is 0 Å². The molecule has 0 amide bonds. The highest BCUT2D eigenvalue weighted by Gasteiger charge is 2.36. The molecule has 0 radical (unpaired) electrons. The van der Waals surface area contributed by atoms with Crippen LogP contribution in [-0.2, 0) is 0 Å². The minimum absolute atomic E-state index is 0.477. The van der Waals surface area contributed by atoms with Crippen molar-refractivity contribution in [2.24, 2.45) is 11.7 Å². The normalized spacial score (nSPS) is 33.2. The molecule has 1 saturated carbocycles. The Morgan fingerprint density at radius 1 is 1.50 bits per heavy atom. The SMILES string of the molecule is CCCC1=CC=C([C@H]2C[C@@H]2N)C1. The van der Waals surface area contributed by atoms with Gasteiger partial charge in [-0.2, -0.15) is 0 Å². The molecule has 0 aromatic rings. The number of nitrogens with two attached hydrogens (primary N) is 1. The van der Waals surface area contributed by atoms with Gasteiger partial charge in [-0.05, 0) is 25.2 Å². The summed E-state index contributed by atoms with van der Waals surface area (Å²) in [6.45, 7) is 2.24. The molecule has 0 bridgehead atoms. The molecule has 0 saturated heterocycles. The van der Waals surface area contributed by atoms with Gasteiger partial charge in [0.15, 0.2) is 0 Å². The maximum Gasteiger partial charge on any atom is 0.0112 e. The summed E-state index contributed by atoms with van der Waals surface area (Å²) in [6.07, 6.45) is 9.56. The molecular formula is C11H17N. The van der Waals surface area contributed by atoms with Crippen LogP contribution in [0.1, 0.15) is 32.6 Å². The van der Waals surface area contributed by atoms with Crippen molar-refractivity contribution in [1.29, 1.82) is 0 Å². The molecule has 2 rings (SSSR count). The monoisotopic (exact) mass is 163 g/mol. The lowest BCUT2D eigenvalue weighted by molar-refractivity contribution is 0.831. The summed E-state index contributed by atoms with van der Waals surface area (Å²) < 4.78 is 0. The first kappa shape index (κ1) is 8.06. The lowest BCUT2D eigenvalue weighted by Gasteiger charge is -2.02. The molecule has 2 aliphatic carbocycles. The van der Waals surface area contributed by atoms with Gasteiger partial charge in [-0.25, -0.2) is 0 Å². The van der Waals surface area contributed by atoms with Crippen LogP contribution >= 0.6 is 0 Å². The zero-order valence-electron chi connectivity index (χ0n) is 7.72. The molecule has 0 heterocycles. The van der Waals surface area contributed by atoms with Crippen molar-refractivity contribution >= 4 is 0 Å². The quantitative estimate of drug-likeness (QED) is 0.679. The third-order valence-electron chi connectivity index (χ3n) is 2.85. The van der Waals surface area contributed by atoms with Crippen LogP contribution in [0.5, 0.6) is 0 Å². The summed E-state index contributed by atoms with van der Waals surface area (Å²) in [6, 6.07) is 0.477. The van der Waals surface area contributed by atoms with Crippen molar-refractivity contribution in [2.45, 2.75) is 38.6 Å². The van der Waals surface area contributed by atoms with Crippen molar-refractivity contribution in [2.75, 3.05) is 0 Å². The predicted octanol–water partition coefficient (Wildman–Crippen LogP) is 2.39. The van der Waals surface area contributed by atoms with Gasteiger partial charge in [0, 0.05) is 6.04 Å². The van der Waals surface area contributed by atoms with E-state index in [9.17, 15) is 0 Å². The van der Waals surface area contributed by atoms with E-state index in [2.05, 4.69) is 19.1 Å². The molecule has 0 spiro atoms. The van der Waals surface area contributed by atoms with Gasteiger partial charge in [-0.3, -0.25) is 0 Å². The van der Waals surface area contributed by atoms with E-state index in [4.69, 9.17) is 5.73 Å². The summed E-state index contributed by atoms with van der Waals surface area (Å²) in [4.78, 5) is 0. The van der Waals surface area contributed by atoms with Crippen molar-refractivity contribution in [1.82, 2.24) is 0 Å². The van der Waals surface area contributed by atoms with Gasteiger partial charge in [0.25, 0.3) is 0 Å². The van der Waals surface area contributed by atoms with Gasteiger partial charge in [-0.1, -0.05) is 36.6 Å². The molecule has 0 aromatic heterocycles. The average Bonchev–Trinajstić information content (AvgIpc) is 2.62. The van der Waals surface area contributed by atoms with E-state index in [0.29, 0.717) is 6.04 Å². The van der Waals surface area contributed by atoms with Crippen molar-refractivity contribution in [3.8, 4) is 0 Å². The van der Waals surface area contributed by atoms with Gasteiger partial charge in [-0.15, -0.1) is 0 Å². The van der Waals surface area contributed by atoms with Crippen molar-refractivity contribution < 1.29 is 0 Å². The molecule has 0 unspecified atom stereocenters. The molecule has 2 N–H and O–H groups in total. The summed E-state index contributed by atoms with van der Waals surface area (Å²) in [5, 5.41) is 0. The van der Waals surface area contributed by atoms with E-state index in [0.717, 1.165) is 5.92 Å². The third kappa shape index (κ3) is 1.46. The van der Waals surface area contributed by atoms with Crippen LogP contribution in [0.15, 0.2) is 23.3 Å². The molecule has 0 aromatic carbocycles. The summed E-state index contributed by atoms with van der Waals surface area (Å²) >= 11 is 0. The number of allylic oxidation sites excluding steroid dienone is 3. The molecular weight excluding hydrogens is 146 g/mol. The number of hydrogen-bond donors (Lipinski definition) is 1. The second-order valence-corrected chi connectivity index (χ2v) is 4.00. The second-order valence-electron chi connectivity index (χ2n) is 4.00. The van der Waals surface area contributed by atoms with E-state index in [1.54, 1.807) is 11.1 Å². The molecule has 1 fully saturated rings. The molecule has 12 heavy (non-hydrogen) atoms. The topological polar surface area (TPSA) is 26.0 Å². The fraction of sp³-hybridized carbons (Fsp3) is 0.636. The van der Waals surface area contributed by atoms with Crippen LogP contribution in [0, 0.1) is 5.92 Å². The number of rotatable bonds is 3. The lowest BCUT2D eigenvalue weighted by Crippen LogP contribution is -2.02. The summed E-state index contributed by atoms with van der Waals surface area (Å²) in [5.41, 5.74) is 8.99. The molecule has 1 heteroatoms. The van der Waals surface area contributed by atoms with E-state index in [1.807, 2.05) is 0 Å². The van der Waals surface area contributed by atoms with E-state index in [1.165, 1.54) is 25.7 Å². The largest absolute Gasteiger partial charge is 0.327 e. The molecule has 2 atom stereocenters.